The Kier molecular flexibility index (Phi) is 5.83. The van der Waals surface area contributed by atoms with Crippen LogP contribution in [0.4, 0.5) is 0 Å². The van der Waals surface area contributed by atoms with Crippen LogP contribution < -0.4 is 5.32 Å². The minimum absolute atomic E-state index is 0.191. The standard InChI is InChI=1S/C16H27NO/c1-7-17-16(14(6)18-8-2)15-10-12(4)11(3)9-13(15)5/h9-10,14,16-17H,7-8H2,1-6H3. The molecule has 1 aromatic carbocycles. The monoisotopic (exact) mass is 249 g/mol. The quantitative estimate of drug-likeness (QED) is 0.830. The van der Waals surface area contributed by atoms with Crippen molar-refractivity contribution in [3.63, 3.8) is 0 Å². The highest BCUT2D eigenvalue weighted by Gasteiger charge is 2.20. The van der Waals surface area contributed by atoms with Gasteiger partial charge in [0.2, 0.25) is 0 Å². The van der Waals surface area contributed by atoms with Gasteiger partial charge in [-0.1, -0.05) is 19.1 Å². The number of rotatable bonds is 6. The minimum Gasteiger partial charge on any atom is -0.377 e. The number of hydrogen-bond acceptors (Lipinski definition) is 2. The van der Waals surface area contributed by atoms with Crippen LogP contribution in [0.3, 0.4) is 0 Å². The van der Waals surface area contributed by atoms with E-state index >= 15 is 0 Å². The van der Waals surface area contributed by atoms with E-state index in [1.54, 1.807) is 0 Å². The van der Waals surface area contributed by atoms with Gasteiger partial charge in [-0.05, 0) is 63.4 Å². The molecule has 0 radical (unpaired) electrons. The van der Waals surface area contributed by atoms with Crippen LogP contribution in [0.2, 0.25) is 0 Å². The van der Waals surface area contributed by atoms with Crippen LogP contribution in [-0.4, -0.2) is 19.3 Å². The summed E-state index contributed by atoms with van der Waals surface area (Å²) in [4.78, 5) is 0. The van der Waals surface area contributed by atoms with E-state index in [-0.39, 0.29) is 12.1 Å². The van der Waals surface area contributed by atoms with Gasteiger partial charge in [0.05, 0.1) is 12.1 Å². The summed E-state index contributed by atoms with van der Waals surface area (Å²) in [5.74, 6) is 0. The van der Waals surface area contributed by atoms with Crippen molar-refractivity contribution in [2.24, 2.45) is 0 Å². The van der Waals surface area contributed by atoms with Crippen LogP contribution >= 0.6 is 0 Å². The summed E-state index contributed by atoms with van der Waals surface area (Å²) < 4.78 is 5.77. The molecule has 2 atom stereocenters. The fourth-order valence-electron chi connectivity index (χ4n) is 2.43. The average molecular weight is 249 g/mol. The zero-order valence-electron chi connectivity index (χ0n) is 12.6. The van der Waals surface area contributed by atoms with E-state index < -0.39 is 0 Å². The summed E-state index contributed by atoms with van der Waals surface area (Å²) in [5, 5.41) is 3.55. The number of ether oxygens (including phenoxy) is 1. The van der Waals surface area contributed by atoms with Gasteiger partial charge in [0.15, 0.2) is 0 Å². The van der Waals surface area contributed by atoms with Gasteiger partial charge in [-0.25, -0.2) is 0 Å². The summed E-state index contributed by atoms with van der Waals surface area (Å²) in [6, 6.07) is 4.84. The second-order valence-electron chi connectivity index (χ2n) is 4.99. The zero-order valence-corrected chi connectivity index (χ0v) is 12.6. The smallest absolute Gasteiger partial charge is 0.0741 e. The van der Waals surface area contributed by atoms with Crippen LogP contribution in [0.25, 0.3) is 0 Å². The normalized spacial score (nSPS) is 14.6. The molecule has 0 bridgehead atoms. The SMILES string of the molecule is CCNC(c1cc(C)c(C)cc1C)C(C)OCC. The van der Waals surface area contributed by atoms with Crippen LogP contribution in [0.5, 0.6) is 0 Å². The Morgan fingerprint density at radius 2 is 1.67 bits per heavy atom. The molecule has 2 nitrogen and oxygen atoms in total. The fraction of sp³-hybridized carbons (Fsp3) is 0.625. The van der Waals surface area contributed by atoms with Gasteiger partial charge in [-0.3, -0.25) is 0 Å². The van der Waals surface area contributed by atoms with Crippen molar-refractivity contribution in [1.29, 1.82) is 0 Å². The third-order valence-electron chi connectivity index (χ3n) is 3.54. The Morgan fingerprint density at radius 3 is 2.22 bits per heavy atom. The molecule has 0 aliphatic carbocycles. The molecule has 0 fully saturated rings. The summed E-state index contributed by atoms with van der Waals surface area (Å²) in [5.41, 5.74) is 5.41. The van der Waals surface area contributed by atoms with E-state index in [4.69, 9.17) is 4.74 Å². The molecule has 1 N–H and O–H groups in total. The molecule has 0 aliphatic heterocycles. The Morgan fingerprint density at radius 1 is 1.06 bits per heavy atom. The second kappa shape index (κ2) is 6.91. The van der Waals surface area contributed by atoms with Gasteiger partial charge in [0.1, 0.15) is 0 Å². The maximum atomic E-state index is 5.77. The van der Waals surface area contributed by atoms with Crippen molar-refractivity contribution >= 4 is 0 Å². The third kappa shape index (κ3) is 3.56. The van der Waals surface area contributed by atoms with Crippen molar-refractivity contribution in [2.45, 2.75) is 53.7 Å². The van der Waals surface area contributed by atoms with Crippen molar-refractivity contribution < 1.29 is 4.74 Å². The fourth-order valence-corrected chi connectivity index (χ4v) is 2.43. The lowest BCUT2D eigenvalue weighted by Gasteiger charge is -2.27. The second-order valence-corrected chi connectivity index (χ2v) is 4.99. The highest BCUT2D eigenvalue weighted by molar-refractivity contribution is 5.38. The first-order valence-electron chi connectivity index (χ1n) is 6.93. The number of nitrogens with one attached hydrogen (secondary N) is 1. The lowest BCUT2D eigenvalue weighted by Crippen LogP contribution is -2.32. The Bertz CT molecular complexity index is 387. The molecule has 0 aromatic heterocycles. The molecule has 0 saturated carbocycles. The molecule has 0 aliphatic rings. The van der Waals surface area contributed by atoms with E-state index in [0.29, 0.717) is 0 Å². The molecule has 102 valence electrons. The molecule has 0 spiro atoms. The summed E-state index contributed by atoms with van der Waals surface area (Å²) in [6.45, 7) is 14.6. The topological polar surface area (TPSA) is 21.3 Å². The molecular weight excluding hydrogens is 222 g/mol. The first kappa shape index (κ1) is 15.2. The van der Waals surface area contributed by atoms with Gasteiger partial charge >= 0.3 is 0 Å². The highest BCUT2D eigenvalue weighted by atomic mass is 16.5. The maximum absolute atomic E-state index is 5.77. The van der Waals surface area contributed by atoms with Gasteiger partial charge in [-0.2, -0.15) is 0 Å². The number of hydrogen-bond donors (Lipinski definition) is 1. The number of aryl methyl sites for hydroxylation is 3. The van der Waals surface area contributed by atoms with E-state index in [9.17, 15) is 0 Å². The molecular formula is C16H27NO. The van der Waals surface area contributed by atoms with Crippen molar-refractivity contribution in [3.8, 4) is 0 Å². The van der Waals surface area contributed by atoms with Crippen LogP contribution in [-0.2, 0) is 4.74 Å². The van der Waals surface area contributed by atoms with Crippen molar-refractivity contribution in [3.05, 3.63) is 34.4 Å². The van der Waals surface area contributed by atoms with E-state index in [0.717, 1.165) is 13.2 Å². The number of benzene rings is 1. The van der Waals surface area contributed by atoms with Gasteiger partial charge in [-0.15, -0.1) is 0 Å². The molecule has 1 rings (SSSR count). The van der Waals surface area contributed by atoms with Crippen LogP contribution in [0.15, 0.2) is 12.1 Å². The Balaban J connectivity index is 3.08. The van der Waals surface area contributed by atoms with Gasteiger partial charge in [0, 0.05) is 6.61 Å². The lowest BCUT2D eigenvalue weighted by atomic mass is 9.93. The molecule has 2 unspecified atom stereocenters. The van der Waals surface area contributed by atoms with Gasteiger partial charge in [0.25, 0.3) is 0 Å². The zero-order chi connectivity index (χ0) is 13.7. The molecule has 1 aromatic rings. The van der Waals surface area contributed by atoms with Crippen molar-refractivity contribution in [1.82, 2.24) is 5.32 Å². The first-order chi connectivity index (χ1) is 8.51. The van der Waals surface area contributed by atoms with E-state index in [2.05, 4.69) is 52.1 Å². The number of likely N-dealkylation sites (N-methyl/N-ethyl adjacent to an activating group) is 1. The first-order valence-corrected chi connectivity index (χ1v) is 6.93. The molecule has 0 saturated heterocycles. The van der Waals surface area contributed by atoms with Crippen LogP contribution in [0.1, 0.15) is 49.1 Å². The van der Waals surface area contributed by atoms with E-state index in [1.165, 1.54) is 22.3 Å². The largest absolute Gasteiger partial charge is 0.377 e. The summed E-state index contributed by atoms with van der Waals surface area (Å²) >= 11 is 0. The predicted octanol–water partition coefficient (Wildman–Crippen LogP) is 3.69. The van der Waals surface area contributed by atoms with E-state index in [1.807, 2.05) is 6.92 Å². The lowest BCUT2D eigenvalue weighted by molar-refractivity contribution is 0.0475. The minimum atomic E-state index is 0.191. The summed E-state index contributed by atoms with van der Waals surface area (Å²) in [7, 11) is 0. The van der Waals surface area contributed by atoms with Crippen LogP contribution in [0, 0.1) is 20.8 Å². The Hall–Kier alpha value is -0.860. The maximum Gasteiger partial charge on any atom is 0.0741 e. The highest BCUT2D eigenvalue weighted by Crippen LogP contribution is 2.25. The molecule has 0 heterocycles. The van der Waals surface area contributed by atoms with Gasteiger partial charge < -0.3 is 10.1 Å². The Labute approximate surface area is 112 Å². The third-order valence-corrected chi connectivity index (χ3v) is 3.54. The molecule has 0 amide bonds. The molecule has 18 heavy (non-hydrogen) atoms. The summed E-state index contributed by atoms with van der Waals surface area (Å²) in [6.07, 6.45) is 0.191. The predicted molar refractivity (Wildman–Crippen MR) is 78.2 cm³/mol. The van der Waals surface area contributed by atoms with Crippen molar-refractivity contribution in [2.75, 3.05) is 13.2 Å². The molecule has 2 heteroatoms. The average Bonchev–Trinajstić information content (AvgIpc) is 2.31.